The average Bonchev–Trinajstić information content (AvgIpc) is 2.50. The lowest BCUT2D eigenvalue weighted by atomic mass is 9.80. The van der Waals surface area contributed by atoms with Crippen molar-refractivity contribution in [3.63, 3.8) is 0 Å². The normalized spacial score (nSPS) is 23.1. The van der Waals surface area contributed by atoms with Crippen LogP contribution >= 0.6 is 0 Å². The van der Waals surface area contributed by atoms with E-state index in [1.165, 1.54) is 50.9 Å². The molecule has 0 aromatic heterocycles. The van der Waals surface area contributed by atoms with Crippen LogP contribution < -0.4 is 5.32 Å². The highest BCUT2D eigenvalue weighted by Crippen LogP contribution is 2.30. The molecule has 1 heterocycles. The monoisotopic (exact) mass is 316 g/mol. The molecular weight excluding hydrogens is 280 g/mol. The lowest BCUT2D eigenvalue weighted by molar-refractivity contribution is 0.112. The Labute approximate surface area is 143 Å². The summed E-state index contributed by atoms with van der Waals surface area (Å²) < 4.78 is 0. The Morgan fingerprint density at radius 2 is 1.87 bits per heavy atom. The zero-order valence-electron chi connectivity index (χ0n) is 15.6. The lowest BCUT2D eigenvalue weighted by Gasteiger charge is -2.40. The number of nitrogens with zero attached hydrogens (tertiary/aromatic N) is 1. The van der Waals surface area contributed by atoms with Crippen LogP contribution in [0.25, 0.3) is 0 Å². The van der Waals surface area contributed by atoms with E-state index in [0.717, 1.165) is 12.5 Å². The summed E-state index contributed by atoms with van der Waals surface area (Å²) in [6.45, 7) is 14.2. The van der Waals surface area contributed by atoms with Gasteiger partial charge in [-0.3, -0.25) is 0 Å². The minimum atomic E-state index is 0.433. The molecule has 0 aliphatic carbocycles. The Kier molecular flexibility index (Phi) is 7.10. The van der Waals surface area contributed by atoms with E-state index in [9.17, 15) is 0 Å². The summed E-state index contributed by atoms with van der Waals surface area (Å²) in [4.78, 5) is 2.70. The van der Waals surface area contributed by atoms with E-state index < -0.39 is 0 Å². The van der Waals surface area contributed by atoms with Crippen molar-refractivity contribution in [1.82, 2.24) is 10.2 Å². The highest BCUT2D eigenvalue weighted by Gasteiger charge is 2.29. The molecule has 0 amide bonds. The second kappa shape index (κ2) is 8.84. The van der Waals surface area contributed by atoms with Crippen molar-refractivity contribution < 1.29 is 0 Å². The van der Waals surface area contributed by atoms with Crippen LogP contribution in [-0.4, -0.2) is 30.6 Å². The predicted octanol–water partition coefficient (Wildman–Crippen LogP) is 4.70. The smallest absolute Gasteiger partial charge is 0.0208 e. The number of likely N-dealkylation sites (tertiary alicyclic amines) is 1. The number of rotatable bonds is 7. The molecule has 1 fully saturated rings. The molecule has 2 atom stereocenters. The van der Waals surface area contributed by atoms with Gasteiger partial charge in [-0.2, -0.15) is 0 Å². The summed E-state index contributed by atoms with van der Waals surface area (Å²) in [6, 6.07) is 11.4. The van der Waals surface area contributed by atoms with Crippen molar-refractivity contribution >= 4 is 0 Å². The molecule has 130 valence electrons. The summed E-state index contributed by atoms with van der Waals surface area (Å²) >= 11 is 0. The number of benzene rings is 1. The van der Waals surface area contributed by atoms with Crippen LogP contribution in [0.1, 0.15) is 58.9 Å². The molecule has 0 saturated carbocycles. The van der Waals surface area contributed by atoms with Gasteiger partial charge in [0, 0.05) is 25.7 Å². The van der Waals surface area contributed by atoms with Gasteiger partial charge >= 0.3 is 0 Å². The maximum atomic E-state index is 3.82. The number of unbranched alkanes of at least 4 members (excludes halogenated alkanes) is 1. The summed E-state index contributed by atoms with van der Waals surface area (Å²) in [5.41, 5.74) is 1.83. The molecule has 0 radical (unpaired) electrons. The van der Waals surface area contributed by atoms with E-state index in [2.05, 4.69) is 68.2 Å². The van der Waals surface area contributed by atoms with Crippen LogP contribution in [0.2, 0.25) is 0 Å². The first kappa shape index (κ1) is 18.5. The molecule has 1 aromatic rings. The van der Waals surface area contributed by atoms with E-state index in [1.807, 2.05) is 0 Å². The van der Waals surface area contributed by atoms with Crippen molar-refractivity contribution in [2.24, 2.45) is 11.3 Å². The number of hydrogen-bond acceptors (Lipinski definition) is 2. The Morgan fingerprint density at radius 1 is 1.13 bits per heavy atom. The van der Waals surface area contributed by atoms with Gasteiger partial charge in [0.1, 0.15) is 0 Å². The van der Waals surface area contributed by atoms with E-state index in [1.54, 1.807) is 0 Å². The molecular formula is C21H36N2. The average molecular weight is 317 g/mol. The zero-order valence-corrected chi connectivity index (χ0v) is 15.6. The van der Waals surface area contributed by atoms with Gasteiger partial charge in [0.05, 0.1) is 0 Å². The summed E-state index contributed by atoms with van der Waals surface area (Å²) in [5, 5.41) is 3.82. The molecule has 1 N–H and O–H groups in total. The molecule has 2 heteroatoms. The number of piperidine rings is 1. The van der Waals surface area contributed by atoms with Gasteiger partial charge < -0.3 is 10.2 Å². The van der Waals surface area contributed by atoms with Gasteiger partial charge in [0.2, 0.25) is 0 Å². The minimum absolute atomic E-state index is 0.433. The van der Waals surface area contributed by atoms with Crippen LogP contribution in [0.3, 0.4) is 0 Å². The van der Waals surface area contributed by atoms with Crippen molar-refractivity contribution in [2.75, 3.05) is 19.6 Å². The van der Waals surface area contributed by atoms with E-state index >= 15 is 0 Å². The standard InChI is InChI=1S/C21H36N2/c1-5-6-12-23-16-19(14-21(2,3)4)13-20(17-23)22-15-18-10-8-7-9-11-18/h7-11,19-20,22H,5-6,12-17H2,1-4H3. The van der Waals surface area contributed by atoms with Gasteiger partial charge in [-0.1, -0.05) is 64.4 Å². The molecule has 2 nitrogen and oxygen atoms in total. The second-order valence-electron chi connectivity index (χ2n) is 8.54. The van der Waals surface area contributed by atoms with Crippen molar-refractivity contribution in [3.05, 3.63) is 35.9 Å². The third-order valence-electron chi connectivity index (χ3n) is 4.78. The lowest BCUT2D eigenvalue weighted by Crippen LogP contribution is -2.49. The SMILES string of the molecule is CCCCN1CC(CC(C)(C)C)CC(NCc2ccccc2)C1. The molecule has 0 spiro atoms. The van der Waals surface area contributed by atoms with Gasteiger partial charge in [-0.15, -0.1) is 0 Å². The molecule has 2 unspecified atom stereocenters. The summed E-state index contributed by atoms with van der Waals surface area (Å²) in [7, 11) is 0. The Hall–Kier alpha value is -0.860. The zero-order chi connectivity index (χ0) is 16.7. The van der Waals surface area contributed by atoms with Gasteiger partial charge in [0.25, 0.3) is 0 Å². The third-order valence-corrected chi connectivity index (χ3v) is 4.78. The fourth-order valence-corrected chi connectivity index (χ4v) is 3.89. The molecule has 1 aromatic carbocycles. The van der Waals surface area contributed by atoms with Crippen molar-refractivity contribution in [1.29, 1.82) is 0 Å². The summed E-state index contributed by atoms with van der Waals surface area (Å²) in [6.07, 6.45) is 5.28. The van der Waals surface area contributed by atoms with Crippen molar-refractivity contribution in [2.45, 2.75) is 66.0 Å². The topological polar surface area (TPSA) is 15.3 Å². The maximum Gasteiger partial charge on any atom is 0.0208 e. The Bertz CT molecular complexity index is 435. The minimum Gasteiger partial charge on any atom is -0.309 e. The maximum absolute atomic E-state index is 3.82. The predicted molar refractivity (Wildman–Crippen MR) is 101 cm³/mol. The molecule has 0 bridgehead atoms. The molecule has 1 saturated heterocycles. The van der Waals surface area contributed by atoms with Gasteiger partial charge in [0.15, 0.2) is 0 Å². The fraction of sp³-hybridized carbons (Fsp3) is 0.714. The molecule has 1 aliphatic rings. The van der Waals surface area contributed by atoms with Gasteiger partial charge in [-0.25, -0.2) is 0 Å². The third kappa shape index (κ3) is 7.05. The first-order valence-electron chi connectivity index (χ1n) is 9.46. The van der Waals surface area contributed by atoms with Gasteiger partial charge in [-0.05, 0) is 42.7 Å². The van der Waals surface area contributed by atoms with Crippen LogP contribution in [0, 0.1) is 11.3 Å². The Morgan fingerprint density at radius 3 is 2.52 bits per heavy atom. The van der Waals surface area contributed by atoms with E-state index in [4.69, 9.17) is 0 Å². The van der Waals surface area contributed by atoms with Crippen LogP contribution in [-0.2, 0) is 6.54 Å². The molecule has 1 aliphatic heterocycles. The van der Waals surface area contributed by atoms with Crippen LogP contribution in [0.15, 0.2) is 30.3 Å². The highest BCUT2D eigenvalue weighted by atomic mass is 15.2. The van der Waals surface area contributed by atoms with E-state index in [0.29, 0.717) is 11.5 Å². The fourth-order valence-electron chi connectivity index (χ4n) is 3.89. The first-order chi connectivity index (χ1) is 11.0. The molecule has 2 rings (SSSR count). The highest BCUT2D eigenvalue weighted by molar-refractivity contribution is 5.14. The van der Waals surface area contributed by atoms with Crippen LogP contribution in [0.4, 0.5) is 0 Å². The number of hydrogen-bond donors (Lipinski definition) is 1. The van der Waals surface area contributed by atoms with Crippen LogP contribution in [0.5, 0.6) is 0 Å². The largest absolute Gasteiger partial charge is 0.309 e. The first-order valence-corrected chi connectivity index (χ1v) is 9.46. The Balaban J connectivity index is 1.90. The quantitative estimate of drug-likeness (QED) is 0.784. The van der Waals surface area contributed by atoms with E-state index in [-0.39, 0.29) is 0 Å². The number of nitrogens with one attached hydrogen (secondary N) is 1. The van der Waals surface area contributed by atoms with Crippen molar-refractivity contribution in [3.8, 4) is 0 Å². The second-order valence-corrected chi connectivity index (χ2v) is 8.54. The summed E-state index contributed by atoms with van der Waals surface area (Å²) in [5.74, 6) is 0.828. The molecule has 23 heavy (non-hydrogen) atoms.